The van der Waals surface area contributed by atoms with Gasteiger partial charge in [0.1, 0.15) is 0 Å². The Labute approximate surface area is 115 Å². The number of pyridine rings is 1. The first-order chi connectivity index (χ1) is 9.42. The van der Waals surface area contributed by atoms with Gasteiger partial charge in [-0.1, -0.05) is 0 Å². The molecule has 0 saturated heterocycles. The summed E-state index contributed by atoms with van der Waals surface area (Å²) in [4.78, 5) is 38.6. The zero-order valence-electron chi connectivity index (χ0n) is 11.0. The van der Waals surface area contributed by atoms with Crippen molar-refractivity contribution in [2.24, 2.45) is 11.5 Å². The summed E-state index contributed by atoms with van der Waals surface area (Å²) in [6.07, 6.45) is 1.36. The Bertz CT molecular complexity index is 485. The van der Waals surface area contributed by atoms with Crippen LogP contribution in [-0.4, -0.2) is 47.9 Å². The summed E-state index contributed by atoms with van der Waals surface area (Å²) in [6, 6.07) is 3.14. The molecule has 0 aliphatic rings. The average molecular weight is 280 g/mol. The third-order valence-electron chi connectivity index (χ3n) is 2.39. The molecule has 1 rings (SSSR count). The molecule has 8 nitrogen and oxygen atoms in total. The van der Waals surface area contributed by atoms with Crippen LogP contribution in [0.25, 0.3) is 0 Å². The number of methoxy groups -OCH3 is 1. The third kappa shape index (κ3) is 5.02. The summed E-state index contributed by atoms with van der Waals surface area (Å²) >= 11 is 0. The molecule has 0 bridgehead atoms. The molecule has 0 aliphatic heterocycles. The zero-order valence-corrected chi connectivity index (χ0v) is 11.0. The van der Waals surface area contributed by atoms with Crippen molar-refractivity contribution in [3.05, 3.63) is 29.6 Å². The van der Waals surface area contributed by atoms with E-state index in [1.165, 1.54) is 18.2 Å². The number of carbonyl (C=O) groups is 3. The van der Waals surface area contributed by atoms with Crippen molar-refractivity contribution in [1.82, 2.24) is 9.88 Å². The van der Waals surface area contributed by atoms with Crippen LogP contribution in [-0.2, 0) is 20.9 Å². The Balaban J connectivity index is 2.75. The van der Waals surface area contributed by atoms with E-state index in [0.29, 0.717) is 11.3 Å². The summed E-state index contributed by atoms with van der Waals surface area (Å²) in [5.74, 6) is -1.63. The molecule has 0 atom stereocenters. The Kier molecular flexibility index (Phi) is 5.60. The number of nitrogens with two attached hydrogens (primary N) is 2. The molecule has 0 aliphatic carbocycles. The van der Waals surface area contributed by atoms with Crippen LogP contribution in [0.2, 0.25) is 0 Å². The highest BCUT2D eigenvalue weighted by atomic mass is 16.5. The molecule has 0 fully saturated rings. The van der Waals surface area contributed by atoms with Gasteiger partial charge in [-0.15, -0.1) is 0 Å². The lowest BCUT2D eigenvalue weighted by Gasteiger charge is -2.18. The molecule has 1 aromatic rings. The smallest absolute Gasteiger partial charge is 0.339 e. The summed E-state index contributed by atoms with van der Waals surface area (Å²) in [7, 11) is 1.28. The maximum atomic E-state index is 11.2. The highest BCUT2D eigenvalue weighted by molar-refractivity contribution is 5.88. The maximum Gasteiger partial charge on any atom is 0.339 e. The molecule has 108 valence electrons. The van der Waals surface area contributed by atoms with Crippen LogP contribution in [0.3, 0.4) is 0 Å². The van der Waals surface area contributed by atoms with Crippen LogP contribution >= 0.6 is 0 Å². The second-order valence-electron chi connectivity index (χ2n) is 4.11. The van der Waals surface area contributed by atoms with Gasteiger partial charge in [-0.3, -0.25) is 19.5 Å². The van der Waals surface area contributed by atoms with E-state index >= 15 is 0 Å². The van der Waals surface area contributed by atoms with E-state index in [-0.39, 0.29) is 19.6 Å². The summed E-state index contributed by atoms with van der Waals surface area (Å²) in [5, 5.41) is 0. The second-order valence-corrected chi connectivity index (χ2v) is 4.11. The predicted octanol–water partition coefficient (Wildman–Crippen LogP) is -1.36. The topological polar surface area (TPSA) is 129 Å². The average Bonchev–Trinajstić information content (AvgIpc) is 2.37. The Morgan fingerprint density at radius 3 is 2.20 bits per heavy atom. The number of amides is 2. The van der Waals surface area contributed by atoms with Gasteiger partial charge in [0.05, 0.1) is 31.5 Å². The largest absolute Gasteiger partial charge is 0.465 e. The van der Waals surface area contributed by atoms with Gasteiger partial charge in [-0.2, -0.15) is 0 Å². The van der Waals surface area contributed by atoms with E-state index in [1.807, 2.05) is 0 Å². The molecule has 2 amide bonds. The standard InChI is InChI=1S/C12H16N4O4/c1-20-12(19)8-2-3-9(15-4-8)5-16(6-10(13)17)7-11(14)18/h2-4H,5-7H2,1H3,(H2,13,17)(H2,14,18). The van der Waals surface area contributed by atoms with Crippen LogP contribution in [0.4, 0.5) is 0 Å². The van der Waals surface area contributed by atoms with Crippen LogP contribution in [0, 0.1) is 0 Å². The van der Waals surface area contributed by atoms with Crippen molar-refractivity contribution in [2.75, 3.05) is 20.2 Å². The van der Waals surface area contributed by atoms with Crippen LogP contribution < -0.4 is 11.5 Å². The van der Waals surface area contributed by atoms with E-state index in [9.17, 15) is 14.4 Å². The van der Waals surface area contributed by atoms with E-state index < -0.39 is 17.8 Å². The molecule has 0 unspecified atom stereocenters. The molecule has 0 aromatic carbocycles. The normalized spacial score (nSPS) is 10.3. The fraction of sp³-hybridized carbons (Fsp3) is 0.333. The highest BCUT2D eigenvalue weighted by Crippen LogP contribution is 2.05. The molecule has 20 heavy (non-hydrogen) atoms. The molecule has 0 saturated carbocycles. The fourth-order valence-electron chi connectivity index (χ4n) is 1.59. The second kappa shape index (κ2) is 7.19. The Morgan fingerprint density at radius 2 is 1.80 bits per heavy atom. The molecular weight excluding hydrogens is 264 g/mol. The molecule has 0 spiro atoms. The minimum atomic E-state index is -0.572. The van der Waals surface area contributed by atoms with Gasteiger partial charge < -0.3 is 16.2 Å². The highest BCUT2D eigenvalue weighted by Gasteiger charge is 2.13. The predicted molar refractivity (Wildman–Crippen MR) is 69.2 cm³/mol. The number of aromatic nitrogens is 1. The summed E-state index contributed by atoms with van der Waals surface area (Å²) in [5.41, 5.74) is 11.1. The number of primary amides is 2. The minimum Gasteiger partial charge on any atom is -0.465 e. The summed E-state index contributed by atoms with van der Waals surface area (Å²) < 4.78 is 4.55. The molecule has 4 N–H and O–H groups in total. The van der Waals surface area contributed by atoms with Crippen molar-refractivity contribution in [2.45, 2.75) is 6.54 Å². The minimum absolute atomic E-state index is 0.108. The molecule has 8 heteroatoms. The fourth-order valence-corrected chi connectivity index (χ4v) is 1.59. The number of hydrogen-bond donors (Lipinski definition) is 2. The van der Waals surface area contributed by atoms with Crippen molar-refractivity contribution in [3.8, 4) is 0 Å². The van der Waals surface area contributed by atoms with E-state index in [0.717, 1.165) is 0 Å². The van der Waals surface area contributed by atoms with Crippen LogP contribution in [0.5, 0.6) is 0 Å². The van der Waals surface area contributed by atoms with Gasteiger partial charge in [0.25, 0.3) is 0 Å². The van der Waals surface area contributed by atoms with Gasteiger partial charge in [0.2, 0.25) is 11.8 Å². The van der Waals surface area contributed by atoms with Crippen LogP contribution in [0.15, 0.2) is 18.3 Å². The van der Waals surface area contributed by atoms with E-state index in [1.54, 1.807) is 12.1 Å². The first-order valence-corrected chi connectivity index (χ1v) is 5.74. The molecular formula is C12H16N4O4. The first kappa shape index (κ1) is 15.6. The van der Waals surface area contributed by atoms with Gasteiger partial charge in [-0.05, 0) is 12.1 Å². The molecule has 0 radical (unpaired) electrons. The van der Waals surface area contributed by atoms with Gasteiger partial charge in [0, 0.05) is 12.7 Å². The third-order valence-corrected chi connectivity index (χ3v) is 2.39. The van der Waals surface area contributed by atoms with Gasteiger partial charge in [-0.25, -0.2) is 4.79 Å². The Hall–Kier alpha value is -2.48. The lowest BCUT2D eigenvalue weighted by molar-refractivity contribution is -0.122. The zero-order chi connectivity index (χ0) is 15.1. The number of hydrogen-bond acceptors (Lipinski definition) is 6. The van der Waals surface area contributed by atoms with Crippen LogP contribution in [0.1, 0.15) is 16.1 Å². The van der Waals surface area contributed by atoms with Gasteiger partial charge in [0.15, 0.2) is 0 Å². The van der Waals surface area contributed by atoms with Crippen molar-refractivity contribution < 1.29 is 19.1 Å². The van der Waals surface area contributed by atoms with Crippen molar-refractivity contribution in [1.29, 1.82) is 0 Å². The lowest BCUT2D eigenvalue weighted by Crippen LogP contribution is -2.39. The molecule has 1 aromatic heterocycles. The summed E-state index contributed by atoms with van der Waals surface area (Å²) in [6.45, 7) is 0.0000782. The quantitative estimate of drug-likeness (QED) is 0.593. The van der Waals surface area contributed by atoms with E-state index in [2.05, 4.69) is 9.72 Å². The van der Waals surface area contributed by atoms with Crippen molar-refractivity contribution in [3.63, 3.8) is 0 Å². The SMILES string of the molecule is COC(=O)c1ccc(CN(CC(N)=O)CC(N)=O)nc1. The number of esters is 1. The van der Waals surface area contributed by atoms with E-state index in [4.69, 9.17) is 11.5 Å². The monoisotopic (exact) mass is 280 g/mol. The number of rotatable bonds is 7. The maximum absolute atomic E-state index is 11.2. The molecule has 1 heterocycles. The number of ether oxygens (including phenoxy) is 1. The van der Waals surface area contributed by atoms with Crippen molar-refractivity contribution >= 4 is 17.8 Å². The Morgan fingerprint density at radius 1 is 1.20 bits per heavy atom. The number of nitrogens with zero attached hydrogens (tertiary/aromatic N) is 2. The number of carbonyl (C=O) groups excluding carboxylic acids is 3. The van der Waals surface area contributed by atoms with Gasteiger partial charge >= 0.3 is 5.97 Å². The first-order valence-electron chi connectivity index (χ1n) is 5.74. The lowest BCUT2D eigenvalue weighted by atomic mass is 10.2.